The summed E-state index contributed by atoms with van der Waals surface area (Å²) < 4.78 is 30.8. The lowest BCUT2D eigenvalue weighted by molar-refractivity contribution is -0.126. The molecule has 9 nitrogen and oxygen atoms in total. The number of benzene rings is 2. The summed E-state index contributed by atoms with van der Waals surface area (Å²) in [7, 11) is -3.72. The van der Waals surface area contributed by atoms with Crippen molar-refractivity contribution in [2.24, 2.45) is 0 Å². The Labute approximate surface area is 148 Å². The molecule has 0 aliphatic heterocycles. The SMILES string of the molecule is CS(=O)(=O)Nc1cc(O)c(C(=O)N(C=O)C=O)cc1Oc1ccccc1. The van der Waals surface area contributed by atoms with E-state index in [-0.39, 0.29) is 29.2 Å². The lowest BCUT2D eigenvalue weighted by atomic mass is 10.1. The number of para-hydroxylation sites is 1. The number of imide groups is 3. The van der Waals surface area contributed by atoms with E-state index in [9.17, 15) is 27.9 Å². The van der Waals surface area contributed by atoms with E-state index in [1.165, 1.54) is 0 Å². The molecule has 0 atom stereocenters. The van der Waals surface area contributed by atoms with Crippen molar-refractivity contribution in [3.63, 3.8) is 0 Å². The van der Waals surface area contributed by atoms with Gasteiger partial charge < -0.3 is 9.84 Å². The molecule has 2 N–H and O–H groups in total. The van der Waals surface area contributed by atoms with Crippen LogP contribution in [0.15, 0.2) is 42.5 Å². The molecule has 3 amide bonds. The molecule has 26 heavy (non-hydrogen) atoms. The average Bonchev–Trinajstić information content (AvgIpc) is 2.57. The maximum atomic E-state index is 12.1. The number of nitrogens with one attached hydrogen (secondary N) is 1. The highest BCUT2D eigenvalue weighted by Gasteiger charge is 2.22. The minimum atomic E-state index is -3.72. The van der Waals surface area contributed by atoms with Crippen LogP contribution in [0, 0.1) is 0 Å². The Balaban J connectivity index is 2.56. The second kappa shape index (κ2) is 7.66. The van der Waals surface area contributed by atoms with Gasteiger partial charge in [0.05, 0.1) is 17.5 Å². The molecule has 0 aliphatic carbocycles. The molecule has 0 aliphatic rings. The molecule has 0 saturated heterocycles. The van der Waals surface area contributed by atoms with Crippen LogP contribution in [0.5, 0.6) is 17.2 Å². The lowest BCUT2D eigenvalue weighted by Crippen LogP contribution is -2.28. The van der Waals surface area contributed by atoms with Gasteiger partial charge in [-0.1, -0.05) is 18.2 Å². The largest absolute Gasteiger partial charge is 0.507 e. The number of phenols is 1. The average molecular weight is 378 g/mol. The Hall–Kier alpha value is -3.40. The first-order valence-corrected chi connectivity index (χ1v) is 8.95. The molecule has 0 unspecified atom stereocenters. The summed E-state index contributed by atoms with van der Waals surface area (Å²) in [4.78, 5) is 33.8. The van der Waals surface area contributed by atoms with Crippen LogP contribution in [0.4, 0.5) is 5.69 Å². The van der Waals surface area contributed by atoms with E-state index >= 15 is 0 Å². The van der Waals surface area contributed by atoms with E-state index in [1.54, 1.807) is 30.3 Å². The van der Waals surface area contributed by atoms with E-state index < -0.39 is 27.2 Å². The van der Waals surface area contributed by atoms with Crippen LogP contribution in [-0.4, -0.2) is 43.4 Å². The summed E-state index contributed by atoms with van der Waals surface area (Å²) in [5, 5.41) is 10.0. The number of ether oxygens (including phenoxy) is 1. The molecule has 10 heteroatoms. The molecule has 136 valence electrons. The molecule has 0 saturated carbocycles. The van der Waals surface area contributed by atoms with Crippen LogP contribution in [-0.2, 0) is 19.6 Å². The number of hydrogen-bond donors (Lipinski definition) is 2. The number of sulfonamides is 1. The number of hydrogen-bond acceptors (Lipinski definition) is 7. The Morgan fingerprint density at radius 3 is 2.31 bits per heavy atom. The highest BCUT2D eigenvalue weighted by molar-refractivity contribution is 7.92. The first-order valence-electron chi connectivity index (χ1n) is 7.06. The zero-order valence-electron chi connectivity index (χ0n) is 13.4. The Bertz CT molecular complexity index is 935. The lowest BCUT2D eigenvalue weighted by Gasteiger charge is -2.16. The van der Waals surface area contributed by atoms with Crippen molar-refractivity contribution in [3.8, 4) is 17.2 Å². The third-order valence-electron chi connectivity index (χ3n) is 3.06. The Morgan fingerprint density at radius 1 is 1.15 bits per heavy atom. The van der Waals surface area contributed by atoms with Gasteiger partial charge in [-0.3, -0.25) is 19.1 Å². The van der Waals surface area contributed by atoms with Crippen LogP contribution in [0.2, 0.25) is 0 Å². The van der Waals surface area contributed by atoms with Crippen molar-refractivity contribution in [2.75, 3.05) is 11.0 Å². The monoisotopic (exact) mass is 378 g/mol. The number of rotatable bonds is 7. The second-order valence-electron chi connectivity index (χ2n) is 5.08. The highest BCUT2D eigenvalue weighted by Crippen LogP contribution is 2.36. The van der Waals surface area contributed by atoms with Crippen molar-refractivity contribution in [1.82, 2.24) is 4.90 Å². The van der Waals surface area contributed by atoms with Crippen molar-refractivity contribution in [3.05, 3.63) is 48.0 Å². The van der Waals surface area contributed by atoms with Gasteiger partial charge in [-0.2, -0.15) is 0 Å². The quantitative estimate of drug-likeness (QED) is 0.695. The van der Waals surface area contributed by atoms with E-state index in [0.29, 0.717) is 5.75 Å². The van der Waals surface area contributed by atoms with Crippen molar-refractivity contribution < 1.29 is 32.6 Å². The molecular weight excluding hydrogens is 364 g/mol. The van der Waals surface area contributed by atoms with Crippen molar-refractivity contribution in [2.45, 2.75) is 0 Å². The summed E-state index contributed by atoms with van der Waals surface area (Å²) in [5.41, 5.74) is -0.552. The van der Waals surface area contributed by atoms with Gasteiger partial charge >= 0.3 is 0 Å². The van der Waals surface area contributed by atoms with Gasteiger partial charge in [-0.25, -0.2) is 13.3 Å². The summed E-state index contributed by atoms with van der Waals surface area (Å²) in [6.45, 7) is 0. The van der Waals surface area contributed by atoms with Gasteiger partial charge in [-0.05, 0) is 18.2 Å². The van der Waals surface area contributed by atoms with Crippen molar-refractivity contribution >= 4 is 34.4 Å². The minimum absolute atomic E-state index is 0.0187. The van der Waals surface area contributed by atoms with Gasteiger partial charge in [-0.15, -0.1) is 0 Å². The molecule has 0 heterocycles. The molecule has 0 bridgehead atoms. The van der Waals surface area contributed by atoms with E-state index in [4.69, 9.17) is 4.74 Å². The zero-order chi connectivity index (χ0) is 19.3. The molecule has 0 spiro atoms. The number of anilines is 1. The summed E-state index contributed by atoms with van der Waals surface area (Å²) >= 11 is 0. The third-order valence-corrected chi connectivity index (χ3v) is 3.65. The molecule has 2 rings (SSSR count). The van der Waals surface area contributed by atoms with Gasteiger partial charge in [0.15, 0.2) is 5.75 Å². The zero-order valence-corrected chi connectivity index (χ0v) is 14.3. The predicted octanol–water partition coefficient (Wildman–Crippen LogP) is 1.31. The fourth-order valence-corrected chi connectivity index (χ4v) is 2.54. The van der Waals surface area contributed by atoms with Crippen LogP contribution in [0.25, 0.3) is 0 Å². The summed E-state index contributed by atoms with van der Waals surface area (Å²) in [6, 6.07) is 10.2. The fraction of sp³-hybridized carbons (Fsp3) is 0.0625. The van der Waals surface area contributed by atoms with Crippen molar-refractivity contribution in [1.29, 1.82) is 0 Å². The Kier molecular flexibility index (Phi) is 5.58. The van der Waals surface area contributed by atoms with Gasteiger partial charge in [0.25, 0.3) is 5.91 Å². The van der Waals surface area contributed by atoms with Gasteiger partial charge in [0.1, 0.15) is 11.5 Å². The van der Waals surface area contributed by atoms with E-state index in [0.717, 1.165) is 18.4 Å². The van der Waals surface area contributed by atoms with Crippen LogP contribution < -0.4 is 9.46 Å². The second-order valence-corrected chi connectivity index (χ2v) is 6.83. The first kappa shape index (κ1) is 18.9. The molecule has 2 aromatic carbocycles. The fourth-order valence-electron chi connectivity index (χ4n) is 1.98. The number of carbonyl (C=O) groups excluding carboxylic acids is 3. The molecule has 0 radical (unpaired) electrons. The number of carbonyl (C=O) groups is 3. The number of aromatic hydroxyl groups is 1. The number of nitrogens with zero attached hydrogens (tertiary/aromatic N) is 1. The first-order chi connectivity index (χ1) is 12.2. The van der Waals surface area contributed by atoms with Crippen LogP contribution in [0.3, 0.4) is 0 Å². The van der Waals surface area contributed by atoms with Gasteiger partial charge in [0.2, 0.25) is 22.8 Å². The normalized spacial score (nSPS) is 10.7. The van der Waals surface area contributed by atoms with Crippen LogP contribution in [0.1, 0.15) is 10.4 Å². The van der Waals surface area contributed by atoms with E-state index in [1.807, 2.05) is 0 Å². The maximum absolute atomic E-state index is 12.1. The highest BCUT2D eigenvalue weighted by atomic mass is 32.2. The summed E-state index contributed by atoms with van der Waals surface area (Å²) in [5.74, 6) is -1.53. The minimum Gasteiger partial charge on any atom is -0.507 e. The Morgan fingerprint density at radius 2 is 1.77 bits per heavy atom. The summed E-state index contributed by atoms with van der Waals surface area (Å²) in [6.07, 6.45) is 0.861. The predicted molar refractivity (Wildman–Crippen MR) is 91.4 cm³/mol. The van der Waals surface area contributed by atoms with Gasteiger partial charge in [0, 0.05) is 6.07 Å². The van der Waals surface area contributed by atoms with E-state index in [2.05, 4.69) is 4.72 Å². The maximum Gasteiger partial charge on any atom is 0.270 e. The molecule has 2 aromatic rings. The van der Waals surface area contributed by atoms with Crippen LogP contribution >= 0.6 is 0 Å². The molecular formula is C16H14N2O7S. The molecule has 0 fully saturated rings. The number of phenolic OH excluding ortho intramolecular Hbond substituents is 1. The number of amides is 3. The smallest absolute Gasteiger partial charge is 0.270 e. The molecule has 0 aromatic heterocycles. The topological polar surface area (TPSA) is 130 Å². The standard InChI is InChI=1S/C16H14N2O7S/c1-26(23,24)17-13-8-14(21)12(16(22)18(9-19)10-20)7-15(13)25-11-5-3-2-4-6-11/h2-10,17,21H,1H3. The third kappa shape index (κ3) is 4.57.